The molecule has 0 saturated heterocycles. The molecular formula is C15H21NO5S. The van der Waals surface area contributed by atoms with Crippen LogP contribution in [0.5, 0.6) is 11.5 Å². The van der Waals surface area contributed by atoms with Crippen LogP contribution >= 0.6 is 0 Å². The first kappa shape index (κ1) is 15.6. The number of ether oxygens (including phenoxy) is 2. The maximum atomic E-state index is 12.7. The van der Waals surface area contributed by atoms with Crippen LogP contribution in [0.4, 0.5) is 0 Å². The molecule has 2 aliphatic rings. The number of aliphatic hydroxyl groups is 1. The van der Waals surface area contributed by atoms with Crippen LogP contribution in [-0.4, -0.2) is 39.4 Å². The zero-order valence-corrected chi connectivity index (χ0v) is 13.1. The van der Waals surface area contributed by atoms with Crippen LogP contribution in [0.25, 0.3) is 0 Å². The molecule has 1 saturated carbocycles. The molecule has 0 aromatic heterocycles. The average molecular weight is 327 g/mol. The van der Waals surface area contributed by atoms with E-state index in [1.807, 2.05) is 0 Å². The lowest BCUT2D eigenvalue weighted by Crippen LogP contribution is -2.39. The van der Waals surface area contributed by atoms with Gasteiger partial charge in [0.25, 0.3) is 0 Å². The summed E-state index contributed by atoms with van der Waals surface area (Å²) in [6.45, 7) is 0.871. The molecule has 7 heteroatoms. The van der Waals surface area contributed by atoms with Gasteiger partial charge >= 0.3 is 0 Å². The highest BCUT2D eigenvalue weighted by molar-refractivity contribution is 7.89. The van der Waals surface area contributed by atoms with E-state index < -0.39 is 10.0 Å². The number of fused-ring (bicyclic) bond motifs is 1. The molecule has 1 heterocycles. The summed E-state index contributed by atoms with van der Waals surface area (Å²) in [5.74, 6) is 0.924. The number of hydrogen-bond donors (Lipinski definition) is 2. The Bertz CT molecular complexity index is 631. The van der Waals surface area contributed by atoms with Crippen LogP contribution in [0.15, 0.2) is 23.1 Å². The molecule has 122 valence electrons. The monoisotopic (exact) mass is 327 g/mol. The third-order valence-electron chi connectivity index (χ3n) is 4.18. The number of sulfonamides is 1. The average Bonchev–Trinajstić information content (AvgIpc) is 2.54. The normalized spacial score (nSPS) is 25.0. The second-order valence-electron chi connectivity index (χ2n) is 5.81. The standard InChI is InChI=1S/C15H21NO5S/c17-10-11-3-1-4-12(9-11)16-22(18,19)14-6-2-5-13-15(14)21-8-7-20-13/h2,5-6,11-12,16-17H,1,3-4,7-10H2. The SMILES string of the molecule is O=S(=O)(NC1CCCC(CO)C1)c1cccc2c1OCCO2. The van der Waals surface area contributed by atoms with Gasteiger partial charge in [0.15, 0.2) is 11.5 Å². The van der Waals surface area contributed by atoms with Gasteiger partial charge in [-0.25, -0.2) is 13.1 Å². The number of hydrogen-bond acceptors (Lipinski definition) is 5. The fourth-order valence-electron chi connectivity index (χ4n) is 3.11. The van der Waals surface area contributed by atoms with Gasteiger partial charge in [0, 0.05) is 12.6 Å². The number of rotatable bonds is 4. The van der Waals surface area contributed by atoms with Crippen molar-refractivity contribution in [3.8, 4) is 11.5 Å². The summed E-state index contributed by atoms with van der Waals surface area (Å²) in [4.78, 5) is 0.121. The van der Waals surface area contributed by atoms with Crippen molar-refractivity contribution in [3.63, 3.8) is 0 Å². The number of aliphatic hydroxyl groups excluding tert-OH is 1. The number of benzene rings is 1. The largest absolute Gasteiger partial charge is 0.486 e. The summed E-state index contributed by atoms with van der Waals surface area (Å²) in [6.07, 6.45) is 3.33. The van der Waals surface area contributed by atoms with Crippen LogP contribution in [-0.2, 0) is 10.0 Å². The van der Waals surface area contributed by atoms with Crippen LogP contribution in [0.1, 0.15) is 25.7 Å². The van der Waals surface area contributed by atoms with Crippen molar-refractivity contribution in [2.24, 2.45) is 5.92 Å². The minimum atomic E-state index is -3.67. The van der Waals surface area contributed by atoms with E-state index in [2.05, 4.69) is 4.72 Å². The summed E-state index contributed by atoms with van der Waals surface area (Å²) in [6, 6.07) is 4.74. The van der Waals surface area contributed by atoms with Crippen LogP contribution in [0.3, 0.4) is 0 Å². The van der Waals surface area contributed by atoms with Gasteiger partial charge in [0.2, 0.25) is 10.0 Å². The summed E-state index contributed by atoms with van der Waals surface area (Å²) in [5.41, 5.74) is 0. The Balaban J connectivity index is 1.81. The Hall–Kier alpha value is -1.31. The molecule has 1 aliphatic carbocycles. The molecule has 1 aliphatic heterocycles. The first-order chi connectivity index (χ1) is 10.6. The summed E-state index contributed by atoms with van der Waals surface area (Å²) >= 11 is 0. The van der Waals surface area contributed by atoms with E-state index in [4.69, 9.17) is 9.47 Å². The third kappa shape index (κ3) is 3.21. The van der Waals surface area contributed by atoms with Crippen molar-refractivity contribution in [1.29, 1.82) is 0 Å². The molecule has 3 rings (SSSR count). The van der Waals surface area contributed by atoms with E-state index >= 15 is 0 Å². The van der Waals surface area contributed by atoms with Crippen molar-refractivity contribution in [3.05, 3.63) is 18.2 Å². The molecule has 1 fully saturated rings. The second kappa shape index (κ2) is 6.44. The maximum absolute atomic E-state index is 12.7. The Morgan fingerprint density at radius 2 is 2.05 bits per heavy atom. The first-order valence-electron chi connectivity index (χ1n) is 7.62. The maximum Gasteiger partial charge on any atom is 0.244 e. The fourth-order valence-corrected chi connectivity index (χ4v) is 4.55. The Morgan fingerprint density at radius 1 is 1.23 bits per heavy atom. The van der Waals surface area contributed by atoms with Crippen molar-refractivity contribution in [1.82, 2.24) is 4.72 Å². The van der Waals surface area contributed by atoms with Gasteiger partial charge in [-0.05, 0) is 37.3 Å². The lowest BCUT2D eigenvalue weighted by molar-refractivity contribution is 0.166. The fraction of sp³-hybridized carbons (Fsp3) is 0.600. The molecule has 0 spiro atoms. The highest BCUT2D eigenvalue weighted by atomic mass is 32.2. The molecule has 2 atom stereocenters. The molecule has 2 N–H and O–H groups in total. The van der Waals surface area contributed by atoms with E-state index in [1.54, 1.807) is 12.1 Å². The lowest BCUT2D eigenvalue weighted by Gasteiger charge is -2.29. The summed E-state index contributed by atoms with van der Waals surface area (Å²) in [5, 5.41) is 9.27. The van der Waals surface area contributed by atoms with Crippen molar-refractivity contribution in [2.75, 3.05) is 19.8 Å². The zero-order chi connectivity index (χ0) is 15.6. The number of para-hydroxylation sites is 1. The smallest absolute Gasteiger partial charge is 0.244 e. The molecule has 22 heavy (non-hydrogen) atoms. The summed E-state index contributed by atoms with van der Waals surface area (Å²) in [7, 11) is -3.67. The van der Waals surface area contributed by atoms with Gasteiger partial charge in [0.05, 0.1) is 0 Å². The molecule has 0 amide bonds. The van der Waals surface area contributed by atoms with Crippen molar-refractivity contribution < 1.29 is 23.0 Å². The number of nitrogens with one attached hydrogen (secondary N) is 1. The lowest BCUT2D eigenvalue weighted by atomic mass is 9.87. The Labute approximate surface area is 130 Å². The molecule has 6 nitrogen and oxygen atoms in total. The molecule has 0 bridgehead atoms. The minimum absolute atomic E-state index is 0.107. The molecule has 1 aromatic carbocycles. The molecular weight excluding hydrogens is 306 g/mol. The van der Waals surface area contributed by atoms with Gasteiger partial charge in [-0.3, -0.25) is 0 Å². The van der Waals surface area contributed by atoms with Gasteiger partial charge < -0.3 is 14.6 Å². The first-order valence-corrected chi connectivity index (χ1v) is 9.10. The molecule has 1 aromatic rings. The van der Waals surface area contributed by atoms with Crippen molar-refractivity contribution >= 4 is 10.0 Å². The quantitative estimate of drug-likeness (QED) is 0.870. The van der Waals surface area contributed by atoms with Gasteiger partial charge in [-0.15, -0.1) is 0 Å². The topological polar surface area (TPSA) is 84.9 Å². The summed E-state index contributed by atoms with van der Waals surface area (Å²) < 4.78 is 39.0. The second-order valence-corrected chi connectivity index (χ2v) is 7.50. The van der Waals surface area contributed by atoms with Crippen LogP contribution in [0, 0.1) is 5.92 Å². The predicted octanol–water partition coefficient (Wildman–Crippen LogP) is 1.29. The van der Waals surface area contributed by atoms with Gasteiger partial charge in [-0.2, -0.15) is 0 Å². The Morgan fingerprint density at radius 3 is 2.86 bits per heavy atom. The molecule has 2 unspecified atom stereocenters. The van der Waals surface area contributed by atoms with Crippen LogP contribution in [0.2, 0.25) is 0 Å². The van der Waals surface area contributed by atoms with E-state index in [0.717, 1.165) is 19.3 Å². The third-order valence-corrected chi connectivity index (χ3v) is 5.73. The Kier molecular flexibility index (Phi) is 4.56. The van der Waals surface area contributed by atoms with E-state index in [9.17, 15) is 13.5 Å². The minimum Gasteiger partial charge on any atom is -0.486 e. The predicted molar refractivity (Wildman–Crippen MR) is 80.6 cm³/mol. The van der Waals surface area contributed by atoms with Gasteiger partial charge in [0.1, 0.15) is 18.1 Å². The van der Waals surface area contributed by atoms with E-state index in [0.29, 0.717) is 25.4 Å². The van der Waals surface area contributed by atoms with Crippen molar-refractivity contribution in [2.45, 2.75) is 36.6 Å². The van der Waals surface area contributed by atoms with E-state index in [1.165, 1.54) is 6.07 Å². The highest BCUT2D eigenvalue weighted by Gasteiger charge is 2.30. The highest BCUT2D eigenvalue weighted by Crippen LogP contribution is 2.36. The molecule has 0 radical (unpaired) electrons. The van der Waals surface area contributed by atoms with Gasteiger partial charge in [-0.1, -0.05) is 12.5 Å². The van der Waals surface area contributed by atoms with Crippen LogP contribution < -0.4 is 14.2 Å². The van der Waals surface area contributed by atoms with E-state index in [-0.39, 0.29) is 29.2 Å². The zero-order valence-electron chi connectivity index (χ0n) is 12.3.